The standard InChI is InChI=1S/C15H15BrN2O4S/c1-11(16)9-17-15(19)12-4-6-14(7-5-12)23(20,21)18-10-13-3-2-8-22-13/h2-8,18H,1,9-10H2,(H,17,19). The topological polar surface area (TPSA) is 88.4 Å². The normalized spacial score (nSPS) is 11.2. The first-order valence-corrected chi connectivity index (χ1v) is 8.90. The lowest BCUT2D eigenvalue weighted by molar-refractivity contribution is 0.0957. The monoisotopic (exact) mass is 398 g/mol. The van der Waals surface area contributed by atoms with Gasteiger partial charge in [-0.05, 0) is 36.4 Å². The van der Waals surface area contributed by atoms with Crippen LogP contribution in [0.15, 0.2) is 63.0 Å². The molecule has 0 saturated carbocycles. The molecule has 0 saturated heterocycles. The van der Waals surface area contributed by atoms with Crippen molar-refractivity contribution in [1.82, 2.24) is 10.0 Å². The van der Waals surface area contributed by atoms with Gasteiger partial charge in [-0.1, -0.05) is 22.5 Å². The van der Waals surface area contributed by atoms with Crippen LogP contribution in [0.2, 0.25) is 0 Å². The lowest BCUT2D eigenvalue weighted by atomic mass is 10.2. The third-order valence-corrected chi connectivity index (χ3v) is 4.58. The first-order chi connectivity index (χ1) is 10.9. The number of furan rings is 1. The number of hydrogen-bond acceptors (Lipinski definition) is 4. The van der Waals surface area contributed by atoms with Gasteiger partial charge >= 0.3 is 0 Å². The minimum atomic E-state index is -3.67. The largest absolute Gasteiger partial charge is 0.468 e. The maximum Gasteiger partial charge on any atom is 0.251 e. The SMILES string of the molecule is C=C(Br)CNC(=O)c1ccc(S(=O)(=O)NCc2ccco2)cc1. The second-order valence-electron chi connectivity index (χ2n) is 4.63. The van der Waals surface area contributed by atoms with E-state index in [0.29, 0.717) is 22.4 Å². The summed E-state index contributed by atoms with van der Waals surface area (Å²) in [5.41, 5.74) is 0.365. The van der Waals surface area contributed by atoms with Gasteiger partial charge in [-0.3, -0.25) is 4.79 Å². The Morgan fingerprint density at radius 2 is 1.91 bits per heavy atom. The van der Waals surface area contributed by atoms with Gasteiger partial charge in [-0.2, -0.15) is 0 Å². The third-order valence-electron chi connectivity index (χ3n) is 2.88. The predicted octanol–water partition coefficient (Wildman–Crippen LogP) is 2.40. The Labute approximate surface area is 142 Å². The van der Waals surface area contributed by atoms with E-state index >= 15 is 0 Å². The molecular weight excluding hydrogens is 384 g/mol. The summed E-state index contributed by atoms with van der Waals surface area (Å²) < 4.78 is 32.4. The van der Waals surface area contributed by atoms with Crippen molar-refractivity contribution in [1.29, 1.82) is 0 Å². The van der Waals surface area contributed by atoms with Crippen LogP contribution in [0, 0.1) is 0 Å². The van der Waals surface area contributed by atoms with Gasteiger partial charge in [0.1, 0.15) is 5.76 Å². The first-order valence-electron chi connectivity index (χ1n) is 6.62. The van der Waals surface area contributed by atoms with Gasteiger partial charge in [0.2, 0.25) is 10.0 Å². The van der Waals surface area contributed by atoms with Crippen molar-refractivity contribution in [3.8, 4) is 0 Å². The Morgan fingerprint density at radius 3 is 2.48 bits per heavy atom. The molecule has 8 heteroatoms. The van der Waals surface area contributed by atoms with Crippen molar-refractivity contribution in [3.05, 3.63) is 65.0 Å². The van der Waals surface area contributed by atoms with Crippen molar-refractivity contribution < 1.29 is 17.6 Å². The fraction of sp³-hybridized carbons (Fsp3) is 0.133. The molecule has 0 fully saturated rings. The second-order valence-corrected chi connectivity index (χ2v) is 7.52. The number of amides is 1. The maximum atomic E-state index is 12.2. The first kappa shape index (κ1) is 17.5. The number of halogens is 1. The number of rotatable bonds is 7. The van der Waals surface area contributed by atoms with Gasteiger partial charge in [0, 0.05) is 16.6 Å². The number of sulfonamides is 1. The van der Waals surface area contributed by atoms with Gasteiger partial charge in [-0.25, -0.2) is 13.1 Å². The van der Waals surface area contributed by atoms with E-state index in [1.54, 1.807) is 12.1 Å². The summed E-state index contributed by atoms with van der Waals surface area (Å²) in [5, 5.41) is 2.64. The summed E-state index contributed by atoms with van der Waals surface area (Å²) in [5.74, 6) is 0.206. The molecule has 0 atom stereocenters. The zero-order chi connectivity index (χ0) is 16.9. The van der Waals surface area contributed by atoms with Crippen LogP contribution in [0.3, 0.4) is 0 Å². The van der Waals surface area contributed by atoms with Gasteiger partial charge in [-0.15, -0.1) is 0 Å². The number of benzene rings is 1. The second kappa shape index (κ2) is 7.58. The van der Waals surface area contributed by atoms with E-state index in [9.17, 15) is 13.2 Å². The lowest BCUT2D eigenvalue weighted by Gasteiger charge is -2.07. The predicted molar refractivity (Wildman–Crippen MR) is 89.6 cm³/mol. The zero-order valence-electron chi connectivity index (χ0n) is 12.1. The average molecular weight is 399 g/mol. The van der Waals surface area contributed by atoms with Crippen LogP contribution >= 0.6 is 15.9 Å². The Bertz CT molecular complexity index is 783. The molecule has 0 aliphatic carbocycles. The summed E-state index contributed by atoms with van der Waals surface area (Å²) in [6.07, 6.45) is 1.47. The summed E-state index contributed by atoms with van der Waals surface area (Å²) in [4.78, 5) is 11.9. The Hall–Kier alpha value is -1.90. The molecule has 6 nitrogen and oxygen atoms in total. The minimum absolute atomic E-state index is 0.0604. The summed E-state index contributed by atoms with van der Waals surface area (Å²) >= 11 is 3.14. The zero-order valence-corrected chi connectivity index (χ0v) is 14.5. The number of carbonyl (C=O) groups is 1. The number of carbonyl (C=O) groups excluding carboxylic acids is 1. The van der Waals surface area contributed by atoms with Crippen LogP contribution < -0.4 is 10.0 Å². The molecule has 0 aliphatic rings. The summed E-state index contributed by atoms with van der Waals surface area (Å²) in [7, 11) is -3.67. The van der Waals surface area contributed by atoms with Crippen molar-refractivity contribution in [2.45, 2.75) is 11.4 Å². The van der Waals surface area contributed by atoms with Gasteiger partial charge < -0.3 is 9.73 Å². The van der Waals surface area contributed by atoms with Gasteiger partial charge in [0.25, 0.3) is 5.91 Å². The number of hydrogen-bond donors (Lipinski definition) is 2. The average Bonchev–Trinajstić information content (AvgIpc) is 3.04. The Kier molecular flexibility index (Phi) is 5.75. The van der Waals surface area contributed by atoms with E-state index in [1.165, 1.54) is 30.5 Å². The lowest BCUT2D eigenvalue weighted by Crippen LogP contribution is -2.25. The Morgan fingerprint density at radius 1 is 1.22 bits per heavy atom. The summed E-state index contributed by atoms with van der Waals surface area (Å²) in [6, 6.07) is 9.01. The van der Waals surface area contributed by atoms with E-state index in [0.717, 1.165) is 0 Å². The molecule has 2 N–H and O–H groups in total. The molecule has 2 aromatic rings. The van der Waals surface area contributed by atoms with E-state index in [4.69, 9.17) is 4.42 Å². The maximum absolute atomic E-state index is 12.2. The molecule has 0 unspecified atom stereocenters. The molecule has 122 valence electrons. The molecule has 0 aliphatic heterocycles. The molecule has 0 spiro atoms. The summed E-state index contributed by atoms with van der Waals surface area (Å²) in [6.45, 7) is 3.97. The molecule has 0 radical (unpaired) electrons. The van der Waals surface area contributed by atoms with Crippen molar-refractivity contribution >= 4 is 31.9 Å². The molecule has 1 amide bonds. The number of nitrogens with one attached hydrogen (secondary N) is 2. The van der Waals surface area contributed by atoms with Crippen molar-refractivity contribution in [2.75, 3.05) is 6.54 Å². The fourth-order valence-corrected chi connectivity index (χ4v) is 2.86. The highest BCUT2D eigenvalue weighted by molar-refractivity contribution is 9.11. The quantitative estimate of drug-likeness (QED) is 0.749. The van der Waals surface area contributed by atoms with Crippen LogP contribution in [0.5, 0.6) is 0 Å². The van der Waals surface area contributed by atoms with Crippen LogP contribution in [-0.2, 0) is 16.6 Å². The molecule has 0 bridgehead atoms. The Balaban J connectivity index is 2.02. The molecule has 1 aromatic heterocycles. The van der Waals surface area contributed by atoms with E-state index in [1.807, 2.05) is 0 Å². The van der Waals surface area contributed by atoms with Gasteiger partial charge in [0.05, 0.1) is 17.7 Å². The highest BCUT2D eigenvalue weighted by Gasteiger charge is 2.15. The van der Waals surface area contributed by atoms with E-state index < -0.39 is 10.0 Å². The van der Waals surface area contributed by atoms with E-state index in [-0.39, 0.29) is 17.3 Å². The van der Waals surface area contributed by atoms with Crippen LogP contribution in [-0.4, -0.2) is 20.9 Å². The molecule has 1 heterocycles. The molecule has 2 rings (SSSR count). The van der Waals surface area contributed by atoms with Crippen LogP contribution in [0.25, 0.3) is 0 Å². The third kappa shape index (κ3) is 5.05. The smallest absolute Gasteiger partial charge is 0.251 e. The highest BCUT2D eigenvalue weighted by atomic mass is 79.9. The highest BCUT2D eigenvalue weighted by Crippen LogP contribution is 2.12. The fourth-order valence-electron chi connectivity index (χ4n) is 1.73. The van der Waals surface area contributed by atoms with Crippen LogP contribution in [0.1, 0.15) is 16.1 Å². The van der Waals surface area contributed by atoms with Crippen LogP contribution in [0.4, 0.5) is 0 Å². The molecular formula is C15H15BrN2O4S. The van der Waals surface area contributed by atoms with E-state index in [2.05, 4.69) is 32.5 Å². The molecule has 23 heavy (non-hydrogen) atoms. The molecule has 1 aromatic carbocycles. The minimum Gasteiger partial charge on any atom is -0.468 e. The van der Waals surface area contributed by atoms with Crippen molar-refractivity contribution in [3.63, 3.8) is 0 Å². The van der Waals surface area contributed by atoms with Crippen molar-refractivity contribution in [2.24, 2.45) is 0 Å². The van der Waals surface area contributed by atoms with Gasteiger partial charge in [0.15, 0.2) is 0 Å².